The molecule has 1 unspecified atom stereocenters. The average molecular weight is 241 g/mol. The zero-order valence-corrected chi connectivity index (χ0v) is 9.84. The fourth-order valence-corrected chi connectivity index (χ4v) is 1.16. The first kappa shape index (κ1) is 12.8. The van der Waals surface area contributed by atoms with Crippen LogP contribution in [0, 0.1) is 5.92 Å². The Morgan fingerprint density at radius 3 is 2.88 bits per heavy atom. The van der Waals surface area contributed by atoms with E-state index in [1.165, 1.54) is 18.7 Å². The van der Waals surface area contributed by atoms with Crippen molar-refractivity contribution in [2.75, 3.05) is 12.4 Å². The van der Waals surface area contributed by atoms with Gasteiger partial charge in [0, 0.05) is 13.1 Å². The minimum atomic E-state index is -0.743. The van der Waals surface area contributed by atoms with Gasteiger partial charge in [-0.3, -0.25) is 4.79 Å². The number of aromatic nitrogens is 2. The summed E-state index contributed by atoms with van der Waals surface area (Å²) in [7, 11) is 3.18. The van der Waals surface area contributed by atoms with Gasteiger partial charge in [0.05, 0.1) is 13.0 Å². The lowest BCUT2D eigenvalue weighted by Gasteiger charge is -2.08. The number of methoxy groups -OCH3 is 1. The quantitative estimate of drug-likeness (QED) is 0.291. The van der Waals surface area contributed by atoms with Crippen LogP contribution >= 0.6 is 0 Å². The summed E-state index contributed by atoms with van der Waals surface area (Å²) in [5.74, 6) is -0.469. The van der Waals surface area contributed by atoms with Crippen LogP contribution in [0.5, 0.6) is 5.88 Å². The van der Waals surface area contributed by atoms with E-state index in [2.05, 4.69) is 15.6 Å². The fraction of sp³-hybridized carbons (Fsp3) is 0.444. The van der Waals surface area contributed by atoms with Gasteiger partial charge in [0.25, 0.3) is 0 Å². The van der Waals surface area contributed by atoms with E-state index in [4.69, 9.17) is 15.7 Å². The zero-order valence-electron chi connectivity index (χ0n) is 9.84. The van der Waals surface area contributed by atoms with Crippen molar-refractivity contribution in [3.8, 4) is 5.88 Å². The molecular weight excluding hydrogens is 226 g/mol. The highest BCUT2D eigenvalue weighted by molar-refractivity contribution is 6.07. The molecule has 1 amide bonds. The first-order chi connectivity index (χ1) is 7.99. The second-order valence-corrected chi connectivity index (χ2v) is 3.43. The van der Waals surface area contributed by atoms with Crippen molar-refractivity contribution >= 4 is 17.6 Å². The lowest BCUT2D eigenvalue weighted by molar-refractivity contribution is -0.117. The molecule has 4 N–H and O–H groups in total. The average Bonchev–Trinajstić information content (AvgIpc) is 2.67. The maximum atomic E-state index is 11.6. The van der Waals surface area contributed by atoms with E-state index in [1.54, 1.807) is 13.1 Å². The van der Waals surface area contributed by atoms with Gasteiger partial charge in [0.1, 0.15) is 0 Å². The van der Waals surface area contributed by atoms with E-state index < -0.39 is 11.8 Å². The van der Waals surface area contributed by atoms with Crippen LogP contribution in [0.3, 0.4) is 0 Å². The second-order valence-electron chi connectivity index (χ2n) is 3.43. The molecule has 0 aliphatic carbocycles. The molecular formula is C9H15N5O3. The number of ether oxygens (including phenoxy) is 1. The lowest BCUT2D eigenvalue weighted by atomic mass is 10.1. The minimum absolute atomic E-state index is 0.162. The molecule has 1 aromatic heterocycles. The van der Waals surface area contributed by atoms with Crippen LogP contribution in [-0.4, -0.2) is 33.8 Å². The van der Waals surface area contributed by atoms with Gasteiger partial charge in [0.2, 0.25) is 11.8 Å². The molecule has 1 atom stereocenters. The number of hydrogen-bond acceptors (Lipinski definition) is 5. The van der Waals surface area contributed by atoms with E-state index in [0.29, 0.717) is 11.7 Å². The summed E-state index contributed by atoms with van der Waals surface area (Å²) in [6.07, 6.45) is 0. The standard InChI is InChI=1S/C9H15N5O3/c1-5(8(10)13-16)9(15)11-6-4-7(17-3)14(2)12-6/h4-5,16H,1-3H3,(H2,10,13)(H,11,12,15). The van der Waals surface area contributed by atoms with Gasteiger partial charge in [-0.2, -0.15) is 5.10 Å². The number of carbonyl (C=O) groups excluding carboxylic acids is 1. The summed E-state index contributed by atoms with van der Waals surface area (Å²) in [5, 5.41) is 17.8. The van der Waals surface area contributed by atoms with Crippen LogP contribution < -0.4 is 15.8 Å². The number of amidine groups is 1. The molecule has 0 radical (unpaired) electrons. The molecule has 0 aliphatic heterocycles. The number of aryl methyl sites for hydroxylation is 1. The van der Waals surface area contributed by atoms with E-state index in [0.717, 1.165) is 0 Å². The molecule has 8 nitrogen and oxygen atoms in total. The molecule has 0 aliphatic rings. The molecule has 8 heteroatoms. The highest BCUT2D eigenvalue weighted by atomic mass is 16.5. The Kier molecular flexibility index (Phi) is 3.91. The fourth-order valence-electron chi connectivity index (χ4n) is 1.16. The third kappa shape index (κ3) is 2.86. The second kappa shape index (κ2) is 5.19. The number of anilines is 1. The van der Waals surface area contributed by atoms with Gasteiger partial charge >= 0.3 is 0 Å². The van der Waals surface area contributed by atoms with Gasteiger partial charge in [0.15, 0.2) is 11.7 Å². The van der Waals surface area contributed by atoms with Crippen LogP contribution in [0.1, 0.15) is 6.92 Å². The Bertz CT molecular complexity index is 440. The Morgan fingerprint density at radius 2 is 2.41 bits per heavy atom. The van der Waals surface area contributed by atoms with Crippen molar-refractivity contribution in [1.82, 2.24) is 9.78 Å². The third-order valence-electron chi connectivity index (χ3n) is 2.25. The highest BCUT2D eigenvalue weighted by Crippen LogP contribution is 2.15. The molecule has 0 bridgehead atoms. The molecule has 1 heterocycles. The van der Waals surface area contributed by atoms with E-state index in [1.807, 2.05) is 0 Å². The molecule has 0 saturated heterocycles. The van der Waals surface area contributed by atoms with Gasteiger partial charge in [-0.15, -0.1) is 0 Å². The first-order valence-corrected chi connectivity index (χ1v) is 4.86. The SMILES string of the molecule is COc1cc(NC(=O)C(C)C(N)=NO)nn1C. The lowest BCUT2D eigenvalue weighted by Crippen LogP contribution is -2.32. The molecule has 0 saturated carbocycles. The van der Waals surface area contributed by atoms with Crippen LogP contribution in [-0.2, 0) is 11.8 Å². The highest BCUT2D eigenvalue weighted by Gasteiger charge is 2.19. The first-order valence-electron chi connectivity index (χ1n) is 4.86. The third-order valence-corrected chi connectivity index (χ3v) is 2.25. The number of rotatable bonds is 4. The van der Waals surface area contributed by atoms with Crippen molar-refractivity contribution in [2.45, 2.75) is 6.92 Å². The number of nitrogens with one attached hydrogen (secondary N) is 1. The summed E-state index contributed by atoms with van der Waals surface area (Å²) in [4.78, 5) is 11.6. The number of oxime groups is 1. The van der Waals surface area contributed by atoms with Crippen LogP contribution in [0.2, 0.25) is 0 Å². The van der Waals surface area contributed by atoms with Crippen molar-refractivity contribution in [3.63, 3.8) is 0 Å². The summed E-state index contributed by atoms with van der Waals surface area (Å²) < 4.78 is 6.47. The Labute approximate surface area is 98.0 Å². The summed E-state index contributed by atoms with van der Waals surface area (Å²) in [5.41, 5.74) is 5.32. The summed E-state index contributed by atoms with van der Waals surface area (Å²) in [6, 6.07) is 1.57. The number of amides is 1. The molecule has 1 aromatic rings. The number of nitrogens with two attached hydrogens (primary N) is 1. The van der Waals surface area contributed by atoms with Crippen molar-refractivity contribution in [2.24, 2.45) is 23.9 Å². The maximum Gasteiger partial charge on any atom is 0.236 e. The predicted molar refractivity (Wildman–Crippen MR) is 61.0 cm³/mol. The molecule has 0 spiro atoms. The van der Waals surface area contributed by atoms with E-state index in [9.17, 15) is 4.79 Å². The van der Waals surface area contributed by atoms with Crippen LogP contribution in [0.15, 0.2) is 11.2 Å². The van der Waals surface area contributed by atoms with Crippen molar-refractivity contribution in [3.05, 3.63) is 6.07 Å². The molecule has 0 aromatic carbocycles. The van der Waals surface area contributed by atoms with Gasteiger partial charge < -0.3 is 21.0 Å². The van der Waals surface area contributed by atoms with Gasteiger partial charge in [-0.25, -0.2) is 4.68 Å². The zero-order chi connectivity index (χ0) is 13.0. The maximum absolute atomic E-state index is 11.6. The number of carbonyl (C=O) groups is 1. The number of hydrogen-bond donors (Lipinski definition) is 3. The topological polar surface area (TPSA) is 115 Å². The Hall–Kier alpha value is -2.25. The summed E-state index contributed by atoms with van der Waals surface area (Å²) >= 11 is 0. The van der Waals surface area contributed by atoms with E-state index in [-0.39, 0.29) is 5.84 Å². The molecule has 94 valence electrons. The Balaban J connectivity index is 2.74. The van der Waals surface area contributed by atoms with Crippen molar-refractivity contribution < 1.29 is 14.7 Å². The van der Waals surface area contributed by atoms with Crippen molar-refractivity contribution in [1.29, 1.82) is 0 Å². The number of nitrogens with zero attached hydrogens (tertiary/aromatic N) is 3. The molecule has 0 fully saturated rings. The van der Waals surface area contributed by atoms with Gasteiger partial charge in [-0.05, 0) is 6.92 Å². The monoisotopic (exact) mass is 241 g/mol. The smallest absolute Gasteiger partial charge is 0.236 e. The normalized spacial score (nSPS) is 13.2. The predicted octanol–water partition coefficient (Wildman–Crippen LogP) is -0.250. The molecule has 1 rings (SSSR count). The van der Waals surface area contributed by atoms with Crippen LogP contribution in [0.25, 0.3) is 0 Å². The largest absolute Gasteiger partial charge is 0.481 e. The van der Waals surface area contributed by atoms with E-state index >= 15 is 0 Å². The van der Waals surface area contributed by atoms with Gasteiger partial charge in [-0.1, -0.05) is 5.16 Å². The molecule has 17 heavy (non-hydrogen) atoms. The minimum Gasteiger partial charge on any atom is -0.481 e. The Morgan fingerprint density at radius 1 is 1.76 bits per heavy atom. The van der Waals surface area contributed by atoms with Crippen LogP contribution in [0.4, 0.5) is 5.82 Å². The summed E-state index contributed by atoms with van der Waals surface area (Å²) in [6.45, 7) is 1.52.